The number of nitrogens with one attached hydrogen (secondary N) is 1. The number of aliphatic imine (C=N–C) groups is 1. The van der Waals surface area contributed by atoms with Crippen LogP contribution in [0.5, 0.6) is 0 Å². The summed E-state index contributed by atoms with van der Waals surface area (Å²) in [7, 11) is 0. The summed E-state index contributed by atoms with van der Waals surface area (Å²) >= 11 is 0. The van der Waals surface area contributed by atoms with Gasteiger partial charge in [-0.2, -0.15) is 0 Å². The van der Waals surface area contributed by atoms with Crippen LogP contribution in [0.2, 0.25) is 0 Å². The summed E-state index contributed by atoms with van der Waals surface area (Å²) in [4.78, 5) is 20.9. The number of amidine groups is 1. The minimum Gasteiger partial charge on any atom is -0.385 e. The molecule has 0 saturated carbocycles. The maximum Gasteiger partial charge on any atom is 0.274 e. The molecule has 0 saturated heterocycles. The molecule has 7 heteroatoms. The molecule has 0 fully saturated rings. The largest absolute Gasteiger partial charge is 0.385 e. The SMILES string of the molecule is CC1(C)OCC[C@@](C)(c2cc(NC(=O)c3ccccn3)ccc2F)N=C1N. The summed E-state index contributed by atoms with van der Waals surface area (Å²) in [5.41, 5.74) is 5.58. The average Bonchev–Trinajstić information content (AvgIpc) is 2.73. The van der Waals surface area contributed by atoms with Crippen molar-refractivity contribution in [2.75, 3.05) is 11.9 Å². The van der Waals surface area contributed by atoms with Gasteiger partial charge in [0.2, 0.25) is 0 Å². The Labute approximate surface area is 157 Å². The molecule has 2 heterocycles. The predicted octanol–water partition coefficient (Wildman–Crippen LogP) is 3.24. The van der Waals surface area contributed by atoms with Gasteiger partial charge in [-0.3, -0.25) is 14.8 Å². The highest BCUT2D eigenvalue weighted by Crippen LogP contribution is 2.36. The summed E-state index contributed by atoms with van der Waals surface area (Å²) < 4.78 is 20.4. The first-order valence-corrected chi connectivity index (χ1v) is 8.73. The normalized spacial score (nSPS) is 21.9. The van der Waals surface area contributed by atoms with Gasteiger partial charge in [0.05, 0.1) is 12.1 Å². The minimum absolute atomic E-state index is 0.279. The molecule has 0 spiro atoms. The molecule has 1 aliphatic heterocycles. The number of anilines is 1. The molecular weight excluding hydrogens is 347 g/mol. The zero-order valence-electron chi connectivity index (χ0n) is 15.6. The van der Waals surface area contributed by atoms with E-state index in [1.54, 1.807) is 24.3 Å². The molecule has 1 aromatic heterocycles. The number of benzene rings is 1. The van der Waals surface area contributed by atoms with Crippen LogP contribution in [-0.2, 0) is 10.3 Å². The van der Waals surface area contributed by atoms with Crippen molar-refractivity contribution >= 4 is 17.4 Å². The van der Waals surface area contributed by atoms with E-state index >= 15 is 0 Å². The number of aromatic nitrogens is 1. The van der Waals surface area contributed by atoms with Crippen LogP contribution in [0.15, 0.2) is 47.6 Å². The topological polar surface area (TPSA) is 89.6 Å². The Morgan fingerprint density at radius 1 is 1.26 bits per heavy atom. The summed E-state index contributed by atoms with van der Waals surface area (Å²) in [6.07, 6.45) is 2.00. The quantitative estimate of drug-likeness (QED) is 0.868. The molecule has 1 aromatic carbocycles. The fourth-order valence-electron chi connectivity index (χ4n) is 2.94. The minimum atomic E-state index is -0.895. The van der Waals surface area contributed by atoms with Crippen LogP contribution in [0.4, 0.5) is 10.1 Å². The van der Waals surface area contributed by atoms with Crippen molar-refractivity contribution in [2.45, 2.75) is 38.3 Å². The van der Waals surface area contributed by atoms with E-state index in [4.69, 9.17) is 10.5 Å². The maximum absolute atomic E-state index is 14.6. The molecule has 6 nitrogen and oxygen atoms in total. The summed E-state index contributed by atoms with van der Waals surface area (Å²) in [6.45, 7) is 5.86. The number of carbonyl (C=O) groups is 1. The Morgan fingerprint density at radius 2 is 2.04 bits per heavy atom. The molecule has 1 amide bonds. The van der Waals surface area contributed by atoms with Gasteiger partial charge in [0.25, 0.3) is 5.91 Å². The number of pyridine rings is 1. The first-order chi connectivity index (χ1) is 12.7. The van der Waals surface area contributed by atoms with Crippen LogP contribution < -0.4 is 11.1 Å². The number of nitrogens with zero attached hydrogens (tertiary/aromatic N) is 2. The van der Waals surface area contributed by atoms with E-state index in [1.807, 2.05) is 20.8 Å². The van der Waals surface area contributed by atoms with Crippen molar-refractivity contribution in [1.82, 2.24) is 4.98 Å². The Hall–Kier alpha value is -2.80. The Morgan fingerprint density at radius 3 is 2.74 bits per heavy atom. The highest BCUT2D eigenvalue weighted by molar-refractivity contribution is 6.02. The van der Waals surface area contributed by atoms with Crippen molar-refractivity contribution in [2.24, 2.45) is 10.7 Å². The lowest BCUT2D eigenvalue weighted by Crippen LogP contribution is -2.40. The second-order valence-electron chi connectivity index (χ2n) is 7.24. The lowest BCUT2D eigenvalue weighted by Gasteiger charge is -2.26. The van der Waals surface area contributed by atoms with Crippen LogP contribution in [0.25, 0.3) is 0 Å². The Bertz CT molecular complexity index is 883. The number of hydrogen-bond acceptors (Lipinski definition) is 5. The van der Waals surface area contributed by atoms with Crippen LogP contribution in [0.1, 0.15) is 43.2 Å². The van der Waals surface area contributed by atoms with Gasteiger partial charge in [0.1, 0.15) is 22.9 Å². The van der Waals surface area contributed by atoms with Gasteiger partial charge >= 0.3 is 0 Å². The Balaban J connectivity index is 1.94. The number of amides is 1. The zero-order chi connectivity index (χ0) is 19.7. The highest BCUT2D eigenvalue weighted by atomic mass is 19.1. The molecule has 1 aliphatic rings. The monoisotopic (exact) mass is 370 g/mol. The lowest BCUT2D eigenvalue weighted by atomic mass is 9.88. The Kier molecular flexibility index (Phi) is 4.97. The summed E-state index contributed by atoms with van der Waals surface area (Å²) in [5.74, 6) is -0.471. The van der Waals surface area contributed by atoms with Crippen molar-refractivity contribution in [1.29, 1.82) is 0 Å². The van der Waals surface area contributed by atoms with Gasteiger partial charge in [-0.25, -0.2) is 4.39 Å². The van der Waals surface area contributed by atoms with Crippen molar-refractivity contribution in [3.05, 3.63) is 59.7 Å². The van der Waals surface area contributed by atoms with E-state index < -0.39 is 17.0 Å². The molecule has 3 N–H and O–H groups in total. The van der Waals surface area contributed by atoms with Crippen LogP contribution in [0, 0.1) is 5.82 Å². The molecule has 2 aromatic rings. The summed E-state index contributed by atoms with van der Waals surface area (Å²) in [5, 5.41) is 2.75. The average molecular weight is 370 g/mol. The third kappa shape index (κ3) is 3.98. The van der Waals surface area contributed by atoms with Gasteiger partial charge < -0.3 is 15.8 Å². The van der Waals surface area contributed by atoms with Crippen LogP contribution in [0.3, 0.4) is 0 Å². The second-order valence-corrected chi connectivity index (χ2v) is 7.24. The molecule has 0 unspecified atom stereocenters. The number of hydrogen-bond donors (Lipinski definition) is 2. The molecule has 142 valence electrons. The van der Waals surface area contributed by atoms with E-state index in [1.165, 1.54) is 18.3 Å². The molecular formula is C20H23FN4O2. The van der Waals surface area contributed by atoms with Crippen LogP contribution >= 0.6 is 0 Å². The second kappa shape index (κ2) is 7.08. The van der Waals surface area contributed by atoms with Crippen molar-refractivity contribution in [3.63, 3.8) is 0 Å². The van der Waals surface area contributed by atoms with Gasteiger partial charge in [-0.15, -0.1) is 0 Å². The number of ether oxygens (including phenoxy) is 1. The standard InChI is InChI=1S/C20H23FN4O2/c1-19(2)18(22)25-20(3,9-11-27-19)14-12-13(7-8-15(14)21)24-17(26)16-6-4-5-10-23-16/h4-8,10,12H,9,11H2,1-3H3,(H2,22,25)(H,24,26)/t20-/m0/s1. The first kappa shape index (κ1) is 19.0. The fourth-order valence-corrected chi connectivity index (χ4v) is 2.94. The molecule has 0 bridgehead atoms. The molecule has 0 aliphatic carbocycles. The first-order valence-electron chi connectivity index (χ1n) is 8.73. The van der Waals surface area contributed by atoms with Crippen LogP contribution in [-0.4, -0.2) is 28.9 Å². The molecule has 1 atom stereocenters. The van der Waals surface area contributed by atoms with Gasteiger partial charge in [-0.05, 0) is 51.1 Å². The van der Waals surface area contributed by atoms with E-state index in [-0.39, 0.29) is 11.6 Å². The van der Waals surface area contributed by atoms with E-state index in [2.05, 4.69) is 15.3 Å². The van der Waals surface area contributed by atoms with Gasteiger partial charge in [-0.1, -0.05) is 6.07 Å². The fraction of sp³-hybridized carbons (Fsp3) is 0.350. The third-order valence-corrected chi connectivity index (χ3v) is 4.74. The highest BCUT2D eigenvalue weighted by Gasteiger charge is 2.36. The summed E-state index contributed by atoms with van der Waals surface area (Å²) in [6, 6.07) is 9.47. The van der Waals surface area contributed by atoms with Gasteiger partial charge in [0, 0.05) is 23.9 Å². The van der Waals surface area contributed by atoms with E-state index in [0.29, 0.717) is 30.1 Å². The smallest absolute Gasteiger partial charge is 0.274 e. The van der Waals surface area contributed by atoms with E-state index in [9.17, 15) is 9.18 Å². The maximum atomic E-state index is 14.6. The number of rotatable bonds is 3. The number of nitrogens with two attached hydrogens (primary N) is 1. The van der Waals surface area contributed by atoms with Crippen molar-refractivity contribution in [3.8, 4) is 0 Å². The zero-order valence-corrected chi connectivity index (χ0v) is 15.6. The lowest BCUT2D eigenvalue weighted by molar-refractivity contribution is 0.0319. The predicted molar refractivity (Wildman–Crippen MR) is 102 cm³/mol. The molecule has 3 rings (SSSR count). The molecule has 0 radical (unpaired) electrons. The molecule has 27 heavy (non-hydrogen) atoms. The third-order valence-electron chi connectivity index (χ3n) is 4.74. The number of carbonyl (C=O) groups excluding carboxylic acids is 1. The number of halogens is 1. The van der Waals surface area contributed by atoms with Gasteiger partial charge in [0.15, 0.2) is 0 Å². The van der Waals surface area contributed by atoms with Crippen molar-refractivity contribution < 1.29 is 13.9 Å². The van der Waals surface area contributed by atoms with E-state index in [0.717, 1.165) is 0 Å².